The van der Waals surface area contributed by atoms with Crippen LogP contribution in [0.3, 0.4) is 0 Å². The number of aromatic nitrogens is 1. The van der Waals surface area contributed by atoms with E-state index in [4.69, 9.17) is 11.6 Å². The average Bonchev–Trinajstić information content (AvgIpc) is 2.50. The zero-order valence-corrected chi connectivity index (χ0v) is 13.5. The van der Waals surface area contributed by atoms with Gasteiger partial charge in [-0.1, -0.05) is 45.7 Å². The number of fused-ring (bicyclic) bond motifs is 1. The summed E-state index contributed by atoms with van der Waals surface area (Å²) in [7, 11) is 0. The molecule has 106 valence electrons. The number of pyridine rings is 1. The number of nitrogens with zero attached hydrogens (tertiary/aromatic N) is 1. The third kappa shape index (κ3) is 3.10. The van der Waals surface area contributed by atoms with Crippen LogP contribution in [0.25, 0.3) is 10.9 Å². The molecule has 0 aliphatic rings. The summed E-state index contributed by atoms with van der Waals surface area (Å²) in [6.45, 7) is 0. The second-order valence-corrected chi connectivity index (χ2v) is 6.20. The fourth-order valence-electron chi connectivity index (χ4n) is 2.42. The maximum Gasteiger partial charge on any atom is 0.0845 e. The highest BCUT2D eigenvalue weighted by atomic mass is 79.9. The number of hydrogen-bond donors (Lipinski definition) is 1. The third-order valence-corrected chi connectivity index (χ3v) is 4.31. The maximum absolute atomic E-state index is 10.5. The first-order valence-corrected chi connectivity index (χ1v) is 7.78. The molecule has 1 aromatic heterocycles. The second-order valence-electron chi connectivity index (χ2n) is 4.87. The van der Waals surface area contributed by atoms with Gasteiger partial charge in [-0.15, -0.1) is 0 Å². The molecule has 1 unspecified atom stereocenters. The monoisotopic (exact) mass is 361 g/mol. The van der Waals surface area contributed by atoms with Crippen molar-refractivity contribution in [2.75, 3.05) is 0 Å². The Labute approximate surface area is 136 Å². The van der Waals surface area contributed by atoms with Gasteiger partial charge in [-0.2, -0.15) is 0 Å². The molecule has 0 saturated carbocycles. The van der Waals surface area contributed by atoms with Crippen LogP contribution in [0, 0.1) is 0 Å². The number of hydrogen-bond acceptors (Lipinski definition) is 2. The highest BCUT2D eigenvalue weighted by Gasteiger charge is 2.14. The summed E-state index contributed by atoms with van der Waals surface area (Å²) in [6, 6.07) is 15.4. The summed E-state index contributed by atoms with van der Waals surface area (Å²) in [5.74, 6) is 0. The van der Waals surface area contributed by atoms with Crippen molar-refractivity contribution in [3.63, 3.8) is 0 Å². The van der Waals surface area contributed by atoms with E-state index >= 15 is 0 Å². The summed E-state index contributed by atoms with van der Waals surface area (Å²) >= 11 is 9.59. The molecule has 2 aromatic carbocycles. The smallest absolute Gasteiger partial charge is 0.0845 e. The van der Waals surface area contributed by atoms with Gasteiger partial charge in [0.25, 0.3) is 0 Å². The standard InChI is InChI=1S/C17H13BrClNO/c18-12-5-6-15(19)14(10-12)17(21)9-11-7-8-20-16-4-2-1-3-13(11)16/h1-8,10,17,21H,9H2. The fourth-order valence-corrected chi connectivity index (χ4v) is 3.04. The summed E-state index contributed by atoms with van der Waals surface area (Å²) in [5, 5.41) is 12.1. The van der Waals surface area contributed by atoms with Gasteiger partial charge in [0.1, 0.15) is 0 Å². The molecular weight excluding hydrogens is 350 g/mol. The van der Waals surface area contributed by atoms with Gasteiger partial charge in [-0.3, -0.25) is 4.98 Å². The summed E-state index contributed by atoms with van der Waals surface area (Å²) < 4.78 is 0.903. The van der Waals surface area contributed by atoms with Crippen LogP contribution in [0.4, 0.5) is 0 Å². The van der Waals surface area contributed by atoms with Crippen molar-refractivity contribution >= 4 is 38.4 Å². The maximum atomic E-state index is 10.5. The highest BCUT2D eigenvalue weighted by molar-refractivity contribution is 9.10. The van der Waals surface area contributed by atoms with E-state index in [9.17, 15) is 5.11 Å². The lowest BCUT2D eigenvalue weighted by Gasteiger charge is -2.14. The lowest BCUT2D eigenvalue weighted by Crippen LogP contribution is -2.03. The van der Waals surface area contributed by atoms with Crippen molar-refractivity contribution in [3.05, 3.63) is 75.4 Å². The molecule has 0 amide bonds. The fraction of sp³-hybridized carbons (Fsp3) is 0.118. The van der Waals surface area contributed by atoms with Crippen molar-refractivity contribution in [1.29, 1.82) is 0 Å². The van der Waals surface area contributed by atoms with Gasteiger partial charge in [0.15, 0.2) is 0 Å². The Kier molecular flexibility index (Phi) is 4.24. The molecule has 1 atom stereocenters. The average molecular weight is 363 g/mol. The van der Waals surface area contributed by atoms with E-state index in [2.05, 4.69) is 20.9 Å². The number of benzene rings is 2. The first kappa shape index (κ1) is 14.5. The lowest BCUT2D eigenvalue weighted by molar-refractivity contribution is 0.179. The summed E-state index contributed by atoms with van der Waals surface area (Å²) in [5.41, 5.74) is 2.72. The summed E-state index contributed by atoms with van der Waals surface area (Å²) in [4.78, 5) is 4.34. The molecule has 1 N–H and O–H groups in total. The molecule has 3 aromatic rings. The lowest BCUT2D eigenvalue weighted by atomic mass is 9.99. The Morgan fingerprint density at radius 1 is 1.14 bits per heavy atom. The van der Waals surface area contributed by atoms with Crippen molar-refractivity contribution in [2.45, 2.75) is 12.5 Å². The number of halogens is 2. The van der Waals surface area contributed by atoms with Gasteiger partial charge in [-0.05, 0) is 35.9 Å². The molecule has 21 heavy (non-hydrogen) atoms. The normalized spacial score (nSPS) is 12.5. The van der Waals surface area contributed by atoms with Gasteiger partial charge in [-0.25, -0.2) is 0 Å². The predicted molar refractivity (Wildman–Crippen MR) is 89.6 cm³/mol. The van der Waals surface area contributed by atoms with Crippen LogP contribution in [-0.2, 0) is 6.42 Å². The molecule has 0 radical (unpaired) electrons. The van der Waals surface area contributed by atoms with Crippen molar-refractivity contribution in [3.8, 4) is 0 Å². The van der Waals surface area contributed by atoms with Crippen molar-refractivity contribution in [2.24, 2.45) is 0 Å². The van der Waals surface area contributed by atoms with Crippen LogP contribution in [0.2, 0.25) is 5.02 Å². The molecule has 0 saturated heterocycles. The van der Waals surface area contributed by atoms with E-state index in [1.165, 1.54) is 0 Å². The molecule has 0 aliphatic heterocycles. The SMILES string of the molecule is OC(Cc1ccnc2ccccc12)c1cc(Br)ccc1Cl. The van der Waals surface area contributed by atoms with Crippen LogP contribution in [-0.4, -0.2) is 10.1 Å². The minimum absolute atomic E-state index is 0.499. The number of para-hydroxylation sites is 1. The third-order valence-electron chi connectivity index (χ3n) is 3.47. The van der Waals surface area contributed by atoms with Crippen molar-refractivity contribution < 1.29 is 5.11 Å². The first-order chi connectivity index (χ1) is 10.1. The van der Waals surface area contributed by atoms with E-state index in [-0.39, 0.29) is 0 Å². The molecule has 0 spiro atoms. The molecule has 1 heterocycles. The number of rotatable bonds is 3. The van der Waals surface area contributed by atoms with Gasteiger partial charge < -0.3 is 5.11 Å². The van der Waals surface area contributed by atoms with Crippen LogP contribution >= 0.6 is 27.5 Å². The van der Waals surface area contributed by atoms with E-state index in [1.54, 1.807) is 12.3 Å². The predicted octanol–water partition coefficient (Wildman–Crippen LogP) is 4.93. The largest absolute Gasteiger partial charge is 0.388 e. The Balaban J connectivity index is 1.96. The first-order valence-electron chi connectivity index (χ1n) is 6.61. The van der Waals surface area contributed by atoms with E-state index in [0.717, 1.165) is 26.5 Å². The Hall–Kier alpha value is -1.42. The number of aliphatic hydroxyl groups excluding tert-OH is 1. The molecule has 4 heteroatoms. The quantitative estimate of drug-likeness (QED) is 0.717. The van der Waals surface area contributed by atoms with E-state index in [0.29, 0.717) is 11.4 Å². The van der Waals surface area contributed by atoms with E-state index < -0.39 is 6.10 Å². The Morgan fingerprint density at radius 3 is 2.81 bits per heavy atom. The van der Waals surface area contributed by atoms with Gasteiger partial charge in [0.2, 0.25) is 0 Å². The molecule has 0 aliphatic carbocycles. The molecule has 0 bridgehead atoms. The van der Waals surface area contributed by atoms with Crippen LogP contribution < -0.4 is 0 Å². The minimum atomic E-state index is -0.652. The number of aliphatic hydroxyl groups is 1. The molecular formula is C17H13BrClNO. The van der Waals surface area contributed by atoms with Crippen molar-refractivity contribution in [1.82, 2.24) is 4.98 Å². The second kappa shape index (κ2) is 6.14. The molecule has 2 nitrogen and oxygen atoms in total. The minimum Gasteiger partial charge on any atom is -0.388 e. The highest BCUT2D eigenvalue weighted by Crippen LogP contribution is 2.30. The molecule has 0 fully saturated rings. The summed E-state index contributed by atoms with van der Waals surface area (Å²) in [6.07, 6.45) is 1.62. The topological polar surface area (TPSA) is 33.1 Å². The zero-order chi connectivity index (χ0) is 14.8. The van der Waals surface area contributed by atoms with Crippen LogP contribution in [0.5, 0.6) is 0 Å². The Morgan fingerprint density at radius 2 is 1.95 bits per heavy atom. The van der Waals surface area contributed by atoms with Gasteiger partial charge in [0.05, 0.1) is 11.6 Å². The Bertz CT molecular complexity index is 785. The molecule has 3 rings (SSSR count). The van der Waals surface area contributed by atoms with Gasteiger partial charge >= 0.3 is 0 Å². The van der Waals surface area contributed by atoms with Crippen LogP contribution in [0.1, 0.15) is 17.2 Å². The van der Waals surface area contributed by atoms with E-state index in [1.807, 2.05) is 42.5 Å². The van der Waals surface area contributed by atoms with Crippen LogP contribution in [0.15, 0.2) is 59.2 Å². The zero-order valence-electron chi connectivity index (χ0n) is 11.1. The van der Waals surface area contributed by atoms with Gasteiger partial charge in [0, 0.05) is 33.1 Å².